The normalized spacial score (nSPS) is 19.9. The van der Waals surface area contributed by atoms with Crippen LogP contribution < -0.4 is 5.32 Å². The maximum Gasteiger partial charge on any atom is 0.227 e. The van der Waals surface area contributed by atoms with E-state index in [4.69, 9.17) is 23.2 Å². The molecule has 1 aliphatic heterocycles. The lowest BCUT2D eigenvalue weighted by Crippen LogP contribution is -2.52. The first-order valence-corrected chi connectivity index (χ1v) is 6.77. The molecular formula is C13H16Cl2N2O. The number of amides is 1. The van der Waals surface area contributed by atoms with Crippen LogP contribution in [0.2, 0.25) is 10.0 Å². The average molecular weight is 287 g/mol. The average Bonchev–Trinajstić information content (AvgIpc) is 2.34. The van der Waals surface area contributed by atoms with E-state index in [1.807, 2.05) is 11.0 Å². The van der Waals surface area contributed by atoms with Crippen molar-refractivity contribution in [3.63, 3.8) is 0 Å². The van der Waals surface area contributed by atoms with Crippen molar-refractivity contribution in [1.29, 1.82) is 0 Å². The van der Waals surface area contributed by atoms with Crippen molar-refractivity contribution in [2.75, 3.05) is 19.6 Å². The van der Waals surface area contributed by atoms with Crippen molar-refractivity contribution in [2.24, 2.45) is 0 Å². The molecule has 5 heteroatoms. The molecule has 1 aliphatic rings. The smallest absolute Gasteiger partial charge is 0.227 e. The monoisotopic (exact) mass is 286 g/mol. The molecule has 1 aromatic carbocycles. The first kappa shape index (κ1) is 13.7. The summed E-state index contributed by atoms with van der Waals surface area (Å²) in [6, 6.07) is 5.58. The Labute approximate surface area is 117 Å². The number of hydrogen-bond donors (Lipinski definition) is 1. The van der Waals surface area contributed by atoms with Gasteiger partial charge in [0.1, 0.15) is 0 Å². The van der Waals surface area contributed by atoms with E-state index in [0.717, 1.165) is 25.2 Å². The molecule has 1 atom stereocenters. The molecule has 2 rings (SSSR count). The summed E-state index contributed by atoms with van der Waals surface area (Å²) in [6.07, 6.45) is 0.376. The topological polar surface area (TPSA) is 32.3 Å². The fourth-order valence-corrected chi connectivity index (χ4v) is 2.46. The van der Waals surface area contributed by atoms with E-state index in [1.54, 1.807) is 12.1 Å². The Morgan fingerprint density at radius 1 is 1.44 bits per heavy atom. The van der Waals surface area contributed by atoms with Crippen molar-refractivity contribution in [3.05, 3.63) is 33.8 Å². The molecule has 1 amide bonds. The summed E-state index contributed by atoms with van der Waals surface area (Å²) < 4.78 is 0. The minimum Gasteiger partial charge on any atom is -0.337 e. The zero-order chi connectivity index (χ0) is 13.1. The summed E-state index contributed by atoms with van der Waals surface area (Å²) in [5.41, 5.74) is 0.903. The quantitative estimate of drug-likeness (QED) is 0.905. The Bertz CT molecular complexity index is 451. The number of carbonyl (C=O) groups is 1. The molecule has 0 radical (unpaired) electrons. The molecule has 0 bridgehead atoms. The molecular weight excluding hydrogens is 271 g/mol. The molecule has 1 heterocycles. The van der Waals surface area contributed by atoms with Crippen molar-refractivity contribution in [1.82, 2.24) is 10.2 Å². The highest BCUT2D eigenvalue weighted by atomic mass is 35.5. The molecule has 0 saturated carbocycles. The molecule has 0 spiro atoms. The summed E-state index contributed by atoms with van der Waals surface area (Å²) in [5.74, 6) is 0.141. The number of nitrogens with one attached hydrogen (secondary N) is 1. The van der Waals surface area contributed by atoms with Gasteiger partial charge in [0.05, 0.1) is 16.5 Å². The van der Waals surface area contributed by atoms with Gasteiger partial charge in [-0.2, -0.15) is 0 Å². The molecule has 0 aliphatic carbocycles. The lowest BCUT2D eigenvalue weighted by molar-refractivity contribution is -0.133. The first-order chi connectivity index (χ1) is 8.58. The molecule has 1 N–H and O–H groups in total. The molecule has 98 valence electrons. The zero-order valence-electron chi connectivity index (χ0n) is 10.2. The molecule has 1 fully saturated rings. The lowest BCUT2D eigenvalue weighted by atomic mass is 10.1. The second-order valence-electron chi connectivity index (χ2n) is 4.57. The van der Waals surface area contributed by atoms with E-state index in [1.165, 1.54) is 0 Å². The summed E-state index contributed by atoms with van der Waals surface area (Å²) in [6.45, 7) is 4.53. The van der Waals surface area contributed by atoms with E-state index in [0.29, 0.717) is 16.5 Å². The summed E-state index contributed by atoms with van der Waals surface area (Å²) in [5, 5.41) is 4.28. The van der Waals surface area contributed by atoms with Gasteiger partial charge in [0, 0.05) is 25.7 Å². The SMILES string of the molecule is C[C@H]1CNCCN1C(=O)Cc1ccc(Cl)c(Cl)c1. The van der Waals surface area contributed by atoms with Gasteiger partial charge >= 0.3 is 0 Å². The number of halogens is 2. The minimum absolute atomic E-state index is 0.141. The van der Waals surface area contributed by atoms with Gasteiger partial charge < -0.3 is 10.2 Å². The molecule has 1 saturated heterocycles. The highest BCUT2D eigenvalue weighted by Gasteiger charge is 2.22. The third-order valence-corrected chi connectivity index (χ3v) is 3.90. The van der Waals surface area contributed by atoms with Crippen LogP contribution in [0.3, 0.4) is 0 Å². The van der Waals surface area contributed by atoms with Crippen molar-refractivity contribution < 1.29 is 4.79 Å². The largest absolute Gasteiger partial charge is 0.337 e. The van der Waals surface area contributed by atoms with Gasteiger partial charge in [-0.1, -0.05) is 29.3 Å². The minimum atomic E-state index is 0.141. The number of nitrogens with zero attached hydrogens (tertiary/aromatic N) is 1. The van der Waals surface area contributed by atoms with Crippen LogP contribution in [0.1, 0.15) is 12.5 Å². The van der Waals surface area contributed by atoms with Crippen LogP contribution in [-0.2, 0) is 11.2 Å². The fraction of sp³-hybridized carbons (Fsp3) is 0.462. The number of rotatable bonds is 2. The maximum atomic E-state index is 12.2. The molecule has 18 heavy (non-hydrogen) atoms. The summed E-state index contributed by atoms with van der Waals surface area (Å²) in [7, 11) is 0. The molecule has 0 unspecified atom stereocenters. The number of carbonyl (C=O) groups excluding carboxylic acids is 1. The van der Waals surface area contributed by atoms with Crippen molar-refractivity contribution in [3.8, 4) is 0 Å². The van der Waals surface area contributed by atoms with Crippen LogP contribution in [0.25, 0.3) is 0 Å². The third-order valence-electron chi connectivity index (χ3n) is 3.16. The second-order valence-corrected chi connectivity index (χ2v) is 5.38. The van der Waals surface area contributed by atoms with E-state index in [2.05, 4.69) is 12.2 Å². The molecule has 0 aromatic heterocycles. The van der Waals surface area contributed by atoms with Gasteiger partial charge in [-0.25, -0.2) is 0 Å². The number of hydrogen-bond acceptors (Lipinski definition) is 2. The van der Waals surface area contributed by atoms with Gasteiger partial charge in [-0.05, 0) is 24.6 Å². The third kappa shape index (κ3) is 3.16. The predicted molar refractivity (Wildman–Crippen MR) is 74.2 cm³/mol. The van der Waals surface area contributed by atoms with Gasteiger partial charge in [-0.3, -0.25) is 4.79 Å². The Kier molecular flexibility index (Phi) is 4.49. The number of piperazine rings is 1. The predicted octanol–water partition coefficient (Wildman–Crippen LogP) is 2.36. The molecule has 1 aromatic rings. The van der Waals surface area contributed by atoms with Crippen molar-refractivity contribution >= 4 is 29.1 Å². The van der Waals surface area contributed by atoms with E-state index >= 15 is 0 Å². The highest BCUT2D eigenvalue weighted by Crippen LogP contribution is 2.23. The maximum absolute atomic E-state index is 12.2. The van der Waals surface area contributed by atoms with E-state index in [-0.39, 0.29) is 11.9 Å². The van der Waals surface area contributed by atoms with Gasteiger partial charge in [-0.15, -0.1) is 0 Å². The van der Waals surface area contributed by atoms with E-state index in [9.17, 15) is 4.79 Å². The van der Waals surface area contributed by atoms with Gasteiger partial charge in [0.2, 0.25) is 5.91 Å². The first-order valence-electron chi connectivity index (χ1n) is 6.02. The highest BCUT2D eigenvalue weighted by molar-refractivity contribution is 6.42. The Balaban J connectivity index is 2.04. The Hall–Kier alpha value is -0.770. The van der Waals surface area contributed by atoms with Gasteiger partial charge in [0.25, 0.3) is 0 Å². The van der Waals surface area contributed by atoms with Crippen LogP contribution in [0.5, 0.6) is 0 Å². The summed E-state index contributed by atoms with van der Waals surface area (Å²) in [4.78, 5) is 14.1. The van der Waals surface area contributed by atoms with Crippen molar-refractivity contribution in [2.45, 2.75) is 19.4 Å². The van der Waals surface area contributed by atoms with Crippen LogP contribution >= 0.6 is 23.2 Å². The lowest BCUT2D eigenvalue weighted by Gasteiger charge is -2.34. The fourth-order valence-electron chi connectivity index (χ4n) is 2.14. The Morgan fingerprint density at radius 3 is 2.89 bits per heavy atom. The van der Waals surface area contributed by atoms with Crippen LogP contribution in [0, 0.1) is 0 Å². The molecule has 3 nitrogen and oxygen atoms in total. The standard InChI is InChI=1S/C13H16Cl2N2O/c1-9-8-16-4-5-17(9)13(18)7-10-2-3-11(14)12(15)6-10/h2-3,6,9,16H,4-5,7-8H2,1H3/t9-/m0/s1. The Morgan fingerprint density at radius 2 is 2.22 bits per heavy atom. The van der Waals surface area contributed by atoms with Crippen LogP contribution in [-0.4, -0.2) is 36.5 Å². The number of benzene rings is 1. The second kappa shape index (κ2) is 5.91. The van der Waals surface area contributed by atoms with Crippen LogP contribution in [0.15, 0.2) is 18.2 Å². The van der Waals surface area contributed by atoms with E-state index < -0.39 is 0 Å². The van der Waals surface area contributed by atoms with Crippen LogP contribution in [0.4, 0.5) is 0 Å². The van der Waals surface area contributed by atoms with Gasteiger partial charge in [0.15, 0.2) is 0 Å². The zero-order valence-corrected chi connectivity index (χ0v) is 11.8. The summed E-state index contributed by atoms with van der Waals surface area (Å²) >= 11 is 11.8.